The number of ether oxygens (including phenoxy) is 2. The first-order valence-corrected chi connectivity index (χ1v) is 12.9. The van der Waals surface area contributed by atoms with Crippen molar-refractivity contribution in [3.63, 3.8) is 0 Å². The topological polar surface area (TPSA) is 67.8 Å². The van der Waals surface area contributed by atoms with Crippen LogP contribution < -0.4 is 14.4 Å². The fourth-order valence-corrected chi connectivity index (χ4v) is 5.30. The zero-order valence-electron chi connectivity index (χ0n) is 20.9. The van der Waals surface area contributed by atoms with Crippen LogP contribution in [0.5, 0.6) is 11.5 Å². The summed E-state index contributed by atoms with van der Waals surface area (Å²) in [6.07, 6.45) is 10.9. The van der Waals surface area contributed by atoms with Gasteiger partial charge in [-0.05, 0) is 49.8 Å². The first-order chi connectivity index (χ1) is 17.7. The molecular weight excluding hydrogens is 452 g/mol. The van der Waals surface area contributed by atoms with Crippen LogP contribution in [0.15, 0.2) is 67.1 Å². The van der Waals surface area contributed by atoms with Gasteiger partial charge in [0.2, 0.25) is 5.91 Å². The van der Waals surface area contributed by atoms with E-state index in [9.17, 15) is 4.79 Å². The number of methoxy groups -OCH3 is 1. The third-order valence-electron chi connectivity index (χ3n) is 7.17. The molecule has 1 amide bonds. The summed E-state index contributed by atoms with van der Waals surface area (Å²) in [5, 5.41) is 0. The lowest BCUT2D eigenvalue weighted by Crippen LogP contribution is -2.56. The number of piperazine rings is 1. The summed E-state index contributed by atoms with van der Waals surface area (Å²) in [5.41, 5.74) is 3.02. The van der Waals surface area contributed by atoms with Crippen LogP contribution in [-0.4, -0.2) is 59.7 Å². The van der Waals surface area contributed by atoms with Crippen LogP contribution >= 0.6 is 0 Å². The molecule has 7 nitrogen and oxygen atoms in total. The minimum atomic E-state index is 0.0478. The summed E-state index contributed by atoms with van der Waals surface area (Å²) in [6, 6.07) is 16.6. The lowest BCUT2D eigenvalue weighted by Gasteiger charge is -2.43. The number of benzene rings is 2. The van der Waals surface area contributed by atoms with Crippen molar-refractivity contribution in [2.75, 3.05) is 31.6 Å². The van der Waals surface area contributed by atoms with E-state index in [1.807, 2.05) is 17.0 Å². The predicted octanol–water partition coefficient (Wildman–Crippen LogP) is 4.31. The Balaban J connectivity index is 1.35. The number of hydrogen-bond donors (Lipinski definition) is 0. The summed E-state index contributed by atoms with van der Waals surface area (Å²) in [4.78, 5) is 26.2. The third-order valence-corrected chi connectivity index (χ3v) is 7.17. The van der Waals surface area contributed by atoms with Crippen molar-refractivity contribution < 1.29 is 14.3 Å². The van der Waals surface area contributed by atoms with E-state index in [-0.39, 0.29) is 24.5 Å². The van der Waals surface area contributed by atoms with Gasteiger partial charge in [0.15, 0.2) is 11.5 Å². The van der Waals surface area contributed by atoms with Gasteiger partial charge in [0.25, 0.3) is 0 Å². The monoisotopic (exact) mass is 486 g/mol. The van der Waals surface area contributed by atoms with E-state index >= 15 is 0 Å². The molecule has 1 saturated heterocycles. The van der Waals surface area contributed by atoms with E-state index in [0.717, 1.165) is 49.5 Å². The molecule has 2 aromatic carbocycles. The van der Waals surface area contributed by atoms with Crippen molar-refractivity contribution in [3.8, 4) is 11.5 Å². The van der Waals surface area contributed by atoms with Gasteiger partial charge in [-0.15, -0.1) is 0 Å². The van der Waals surface area contributed by atoms with Crippen LogP contribution in [0.1, 0.15) is 36.9 Å². The molecule has 0 bridgehead atoms. The predicted molar refractivity (Wildman–Crippen MR) is 139 cm³/mol. The van der Waals surface area contributed by atoms with Gasteiger partial charge in [0.05, 0.1) is 31.4 Å². The average molecular weight is 487 g/mol. The molecule has 36 heavy (non-hydrogen) atoms. The van der Waals surface area contributed by atoms with Crippen LogP contribution in [0.25, 0.3) is 0 Å². The Morgan fingerprint density at radius 1 is 1.03 bits per heavy atom. The number of carbonyl (C=O) groups is 1. The summed E-state index contributed by atoms with van der Waals surface area (Å²) < 4.78 is 11.9. The molecule has 1 saturated carbocycles. The number of hydrogen-bond acceptors (Lipinski definition) is 6. The van der Waals surface area contributed by atoms with Crippen molar-refractivity contribution >= 4 is 11.6 Å². The molecule has 1 atom stereocenters. The normalized spacial score (nSPS) is 18.3. The van der Waals surface area contributed by atoms with Gasteiger partial charge in [-0.1, -0.05) is 30.3 Å². The van der Waals surface area contributed by atoms with E-state index in [4.69, 9.17) is 9.47 Å². The lowest BCUT2D eigenvalue weighted by atomic mass is 10.0. The highest BCUT2D eigenvalue weighted by molar-refractivity contribution is 5.79. The maximum Gasteiger partial charge on any atom is 0.229 e. The Kier molecular flexibility index (Phi) is 7.64. The van der Waals surface area contributed by atoms with Gasteiger partial charge in [0, 0.05) is 50.0 Å². The van der Waals surface area contributed by atoms with E-state index in [1.54, 1.807) is 25.7 Å². The van der Waals surface area contributed by atoms with Crippen molar-refractivity contribution in [3.05, 3.63) is 78.4 Å². The molecular formula is C29H34N4O3. The molecule has 0 radical (unpaired) electrons. The standard InChI is InChI=1S/C29H34N4O3/c1-35-27-12-11-24(19-28(27)36-26-9-5-6-10-26)32-15-16-33(29(34)18-23-20-30-13-14-31-23)25(21-32)17-22-7-3-2-4-8-22/h2-4,7-8,11-14,19-20,25-26H,5-6,9-10,15-18,21H2,1H3. The Hall–Kier alpha value is -3.61. The zero-order chi connectivity index (χ0) is 24.7. The minimum absolute atomic E-state index is 0.0478. The van der Waals surface area contributed by atoms with Gasteiger partial charge < -0.3 is 19.3 Å². The molecule has 1 aliphatic heterocycles. The Morgan fingerprint density at radius 3 is 2.61 bits per heavy atom. The van der Waals surface area contributed by atoms with E-state index in [0.29, 0.717) is 12.2 Å². The van der Waals surface area contributed by atoms with E-state index in [1.165, 1.54) is 18.4 Å². The zero-order valence-corrected chi connectivity index (χ0v) is 20.9. The number of amides is 1. The molecule has 2 heterocycles. The molecule has 0 spiro atoms. The molecule has 1 aromatic heterocycles. The minimum Gasteiger partial charge on any atom is -0.493 e. The molecule has 1 unspecified atom stereocenters. The second-order valence-corrected chi connectivity index (χ2v) is 9.61. The highest BCUT2D eigenvalue weighted by atomic mass is 16.5. The average Bonchev–Trinajstić information content (AvgIpc) is 3.43. The van der Waals surface area contributed by atoms with Crippen molar-refractivity contribution in [2.45, 2.75) is 50.7 Å². The SMILES string of the molecule is COc1ccc(N2CCN(C(=O)Cc3cnccn3)C(Cc3ccccc3)C2)cc1OC1CCCC1. The molecule has 3 aromatic rings. The van der Waals surface area contributed by atoms with Crippen molar-refractivity contribution in [1.29, 1.82) is 0 Å². The smallest absolute Gasteiger partial charge is 0.229 e. The van der Waals surface area contributed by atoms with Crippen LogP contribution in [0.2, 0.25) is 0 Å². The van der Waals surface area contributed by atoms with Crippen molar-refractivity contribution in [2.24, 2.45) is 0 Å². The number of aromatic nitrogens is 2. The number of anilines is 1. The van der Waals surface area contributed by atoms with Gasteiger partial charge in [-0.2, -0.15) is 0 Å². The van der Waals surface area contributed by atoms with Crippen LogP contribution in [0.4, 0.5) is 5.69 Å². The maximum absolute atomic E-state index is 13.3. The molecule has 5 rings (SSSR count). The van der Waals surface area contributed by atoms with Crippen molar-refractivity contribution in [1.82, 2.24) is 14.9 Å². The van der Waals surface area contributed by atoms with E-state index in [2.05, 4.69) is 51.3 Å². The second-order valence-electron chi connectivity index (χ2n) is 9.61. The number of nitrogens with zero attached hydrogens (tertiary/aromatic N) is 4. The number of rotatable bonds is 8. The quantitative estimate of drug-likeness (QED) is 0.473. The van der Waals surface area contributed by atoms with E-state index < -0.39 is 0 Å². The summed E-state index contributed by atoms with van der Waals surface area (Å²) in [6.45, 7) is 2.16. The Bertz CT molecular complexity index is 1140. The largest absolute Gasteiger partial charge is 0.493 e. The molecule has 2 aliphatic rings. The third kappa shape index (κ3) is 5.78. The van der Waals surface area contributed by atoms with Gasteiger partial charge in [-0.25, -0.2) is 0 Å². The van der Waals surface area contributed by atoms with Gasteiger partial charge >= 0.3 is 0 Å². The van der Waals surface area contributed by atoms with Gasteiger partial charge in [0.1, 0.15) is 0 Å². The molecule has 1 aliphatic carbocycles. The fourth-order valence-electron chi connectivity index (χ4n) is 5.30. The molecule has 7 heteroatoms. The van der Waals surface area contributed by atoms with Crippen LogP contribution in [0, 0.1) is 0 Å². The fraction of sp³-hybridized carbons (Fsp3) is 0.414. The van der Waals surface area contributed by atoms with Crippen LogP contribution in [0.3, 0.4) is 0 Å². The molecule has 0 N–H and O–H groups in total. The maximum atomic E-state index is 13.3. The summed E-state index contributed by atoms with van der Waals surface area (Å²) in [5.74, 6) is 1.67. The highest BCUT2D eigenvalue weighted by Crippen LogP contribution is 2.36. The Labute approximate surface area is 213 Å². The second kappa shape index (κ2) is 11.4. The highest BCUT2D eigenvalue weighted by Gasteiger charge is 2.31. The number of carbonyl (C=O) groups excluding carboxylic acids is 1. The first kappa shape index (κ1) is 24.1. The Morgan fingerprint density at radius 2 is 1.86 bits per heavy atom. The molecule has 188 valence electrons. The summed E-state index contributed by atoms with van der Waals surface area (Å²) in [7, 11) is 1.69. The lowest BCUT2D eigenvalue weighted by molar-refractivity contribution is -0.133. The summed E-state index contributed by atoms with van der Waals surface area (Å²) >= 11 is 0. The molecule has 2 fully saturated rings. The van der Waals surface area contributed by atoms with Crippen LogP contribution in [-0.2, 0) is 17.6 Å². The van der Waals surface area contributed by atoms with Gasteiger partial charge in [-0.3, -0.25) is 14.8 Å². The first-order valence-electron chi connectivity index (χ1n) is 12.9.